The molecule has 0 radical (unpaired) electrons. The molecule has 0 unspecified atom stereocenters. The average Bonchev–Trinajstić information content (AvgIpc) is 2.37. The van der Waals surface area contributed by atoms with Crippen molar-refractivity contribution in [1.82, 2.24) is 5.32 Å². The van der Waals surface area contributed by atoms with E-state index in [2.05, 4.69) is 10.1 Å². The van der Waals surface area contributed by atoms with Crippen LogP contribution in [-0.4, -0.2) is 38.2 Å². The van der Waals surface area contributed by atoms with Gasteiger partial charge in [-0.1, -0.05) is 19.3 Å². The molecule has 0 heterocycles. The van der Waals surface area contributed by atoms with Crippen LogP contribution in [0.4, 0.5) is 0 Å². The Bertz CT molecular complexity index is 274. The van der Waals surface area contributed by atoms with Crippen LogP contribution in [0.15, 0.2) is 0 Å². The van der Waals surface area contributed by atoms with Crippen LogP contribution in [0.3, 0.4) is 0 Å². The Labute approximate surface area is 108 Å². The van der Waals surface area contributed by atoms with E-state index >= 15 is 0 Å². The lowest BCUT2D eigenvalue weighted by Crippen LogP contribution is -2.44. The first kappa shape index (κ1) is 15.0. The van der Waals surface area contributed by atoms with Gasteiger partial charge in [-0.25, -0.2) is 4.79 Å². The summed E-state index contributed by atoms with van der Waals surface area (Å²) >= 11 is 0. The second-order valence-electron chi connectivity index (χ2n) is 4.82. The predicted molar refractivity (Wildman–Crippen MR) is 67.0 cm³/mol. The highest BCUT2D eigenvalue weighted by atomic mass is 16.5. The Morgan fingerprint density at radius 2 is 1.94 bits per heavy atom. The monoisotopic (exact) mass is 257 g/mol. The first-order chi connectivity index (χ1) is 8.63. The van der Waals surface area contributed by atoms with Crippen LogP contribution in [0.25, 0.3) is 0 Å². The minimum Gasteiger partial charge on any atom is -0.467 e. The number of amides is 1. The third kappa shape index (κ3) is 5.49. The van der Waals surface area contributed by atoms with Crippen molar-refractivity contribution in [3.8, 4) is 0 Å². The zero-order valence-corrected chi connectivity index (χ0v) is 11.2. The van der Waals surface area contributed by atoms with E-state index in [1.54, 1.807) is 0 Å². The van der Waals surface area contributed by atoms with Gasteiger partial charge in [-0.3, -0.25) is 4.79 Å². The smallest absolute Gasteiger partial charge is 0.330 e. The fourth-order valence-corrected chi connectivity index (χ4v) is 2.26. The van der Waals surface area contributed by atoms with Crippen LogP contribution in [0.5, 0.6) is 0 Å². The maximum absolute atomic E-state index is 11.4. The molecule has 0 spiro atoms. The summed E-state index contributed by atoms with van der Waals surface area (Å²) in [4.78, 5) is 22.4. The summed E-state index contributed by atoms with van der Waals surface area (Å²) in [5.74, 6) is -0.130. The molecule has 1 aliphatic carbocycles. The van der Waals surface area contributed by atoms with Crippen LogP contribution < -0.4 is 5.32 Å². The Kier molecular flexibility index (Phi) is 6.72. The second kappa shape index (κ2) is 8.08. The fourth-order valence-electron chi connectivity index (χ4n) is 2.26. The summed E-state index contributed by atoms with van der Waals surface area (Å²) in [7, 11) is 1.30. The minimum atomic E-state index is -0.698. The van der Waals surface area contributed by atoms with Crippen LogP contribution in [0.1, 0.15) is 39.0 Å². The molecule has 104 valence electrons. The van der Waals surface area contributed by atoms with E-state index < -0.39 is 12.0 Å². The van der Waals surface area contributed by atoms with E-state index in [1.807, 2.05) is 0 Å². The number of carbonyl (C=O) groups excluding carboxylic acids is 2. The molecule has 0 aromatic heterocycles. The van der Waals surface area contributed by atoms with E-state index in [9.17, 15) is 9.59 Å². The van der Waals surface area contributed by atoms with Gasteiger partial charge in [-0.2, -0.15) is 0 Å². The number of hydrogen-bond acceptors (Lipinski definition) is 4. The van der Waals surface area contributed by atoms with E-state index in [4.69, 9.17) is 4.74 Å². The molecule has 5 nitrogen and oxygen atoms in total. The molecule has 0 saturated heterocycles. The average molecular weight is 257 g/mol. The molecule has 1 aliphatic rings. The van der Waals surface area contributed by atoms with Gasteiger partial charge in [0.25, 0.3) is 0 Å². The zero-order valence-electron chi connectivity index (χ0n) is 11.2. The maximum Gasteiger partial charge on any atom is 0.330 e. The van der Waals surface area contributed by atoms with Crippen molar-refractivity contribution in [2.45, 2.75) is 45.1 Å². The summed E-state index contributed by atoms with van der Waals surface area (Å²) in [5.41, 5.74) is 0. The minimum absolute atomic E-state index is 0.183. The Morgan fingerprint density at radius 1 is 1.28 bits per heavy atom. The quantitative estimate of drug-likeness (QED) is 0.728. The van der Waals surface area contributed by atoms with Gasteiger partial charge >= 0.3 is 5.97 Å². The predicted octanol–water partition coefficient (Wildman–Crippen LogP) is 1.26. The molecule has 0 bridgehead atoms. The van der Waals surface area contributed by atoms with Crippen LogP contribution in [0.2, 0.25) is 0 Å². The molecule has 1 atom stereocenters. The van der Waals surface area contributed by atoms with Crippen molar-refractivity contribution in [3.05, 3.63) is 0 Å². The van der Waals surface area contributed by atoms with Crippen LogP contribution in [0, 0.1) is 5.92 Å². The molecule has 18 heavy (non-hydrogen) atoms. The van der Waals surface area contributed by atoms with Crippen molar-refractivity contribution in [2.24, 2.45) is 5.92 Å². The van der Waals surface area contributed by atoms with Crippen molar-refractivity contribution in [3.63, 3.8) is 0 Å². The molecule has 0 aromatic rings. The largest absolute Gasteiger partial charge is 0.467 e. The summed E-state index contributed by atoms with van der Waals surface area (Å²) in [6, 6.07) is -0.698. The molecule has 5 heteroatoms. The molecule has 1 rings (SSSR count). The zero-order chi connectivity index (χ0) is 13.4. The topological polar surface area (TPSA) is 64.6 Å². The van der Waals surface area contributed by atoms with E-state index in [0.29, 0.717) is 12.5 Å². The third-order valence-electron chi connectivity index (χ3n) is 3.23. The number of ether oxygens (including phenoxy) is 2. The van der Waals surface area contributed by atoms with E-state index in [-0.39, 0.29) is 12.5 Å². The molecular weight excluding hydrogens is 234 g/mol. The van der Waals surface area contributed by atoms with Gasteiger partial charge < -0.3 is 14.8 Å². The standard InChI is InChI=1S/C13H23NO4/c1-10(15)14-12(13(16)17-2)9-18-8-11-6-4-3-5-7-11/h11-12H,3-9H2,1-2H3,(H,14,15)/t12-/m1/s1. The summed E-state index contributed by atoms with van der Waals surface area (Å²) in [6.45, 7) is 2.22. The highest BCUT2D eigenvalue weighted by Gasteiger charge is 2.21. The van der Waals surface area contributed by atoms with Crippen LogP contribution >= 0.6 is 0 Å². The van der Waals surface area contributed by atoms with Gasteiger partial charge in [-0.05, 0) is 18.8 Å². The molecule has 0 aliphatic heterocycles. The highest BCUT2D eigenvalue weighted by Crippen LogP contribution is 2.23. The molecular formula is C13H23NO4. The van der Waals surface area contributed by atoms with E-state index in [1.165, 1.54) is 46.1 Å². The molecule has 1 saturated carbocycles. The van der Waals surface area contributed by atoms with Gasteiger partial charge in [0.1, 0.15) is 0 Å². The Hall–Kier alpha value is -1.10. The Morgan fingerprint density at radius 3 is 2.50 bits per heavy atom. The number of esters is 1. The number of hydrogen-bond donors (Lipinski definition) is 1. The first-order valence-electron chi connectivity index (χ1n) is 6.56. The molecule has 1 fully saturated rings. The number of carbonyl (C=O) groups is 2. The summed E-state index contributed by atoms with van der Waals surface area (Å²) < 4.78 is 10.2. The fraction of sp³-hybridized carbons (Fsp3) is 0.846. The van der Waals surface area contributed by atoms with Crippen molar-refractivity contribution in [2.75, 3.05) is 20.3 Å². The number of nitrogens with one attached hydrogen (secondary N) is 1. The summed E-state index contributed by atoms with van der Waals surface area (Å²) in [5, 5.41) is 2.53. The lowest BCUT2D eigenvalue weighted by atomic mass is 9.90. The maximum atomic E-state index is 11.4. The normalized spacial score (nSPS) is 18.1. The van der Waals surface area contributed by atoms with Crippen molar-refractivity contribution >= 4 is 11.9 Å². The highest BCUT2D eigenvalue weighted by molar-refractivity contribution is 5.83. The van der Waals surface area contributed by atoms with Gasteiger partial charge in [-0.15, -0.1) is 0 Å². The Balaban J connectivity index is 2.27. The SMILES string of the molecule is COC(=O)[C@@H](COCC1CCCCC1)NC(C)=O. The van der Waals surface area contributed by atoms with E-state index in [0.717, 1.165) is 0 Å². The molecule has 1 N–H and O–H groups in total. The lowest BCUT2D eigenvalue weighted by Gasteiger charge is -2.22. The van der Waals surface area contributed by atoms with Crippen molar-refractivity contribution < 1.29 is 19.1 Å². The van der Waals surface area contributed by atoms with Crippen LogP contribution in [-0.2, 0) is 19.1 Å². The first-order valence-corrected chi connectivity index (χ1v) is 6.56. The van der Waals surface area contributed by atoms with Gasteiger partial charge in [0.05, 0.1) is 13.7 Å². The van der Waals surface area contributed by atoms with Gasteiger partial charge in [0.2, 0.25) is 5.91 Å². The second-order valence-corrected chi connectivity index (χ2v) is 4.82. The lowest BCUT2D eigenvalue weighted by molar-refractivity contribution is -0.146. The van der Waals surface area contributed by atoms with Gasteiger partial charge in [0.15, 0.2) is 6.04 Å². The molecule has 1 amide bonds. The van der Waals surface area contributed by atoms with Crippen molar-refractivity contribution in [1.29, 1.82) is 0 Å². The third-order valence-corrected chi connectivity index (χ3v) is 3.23. The number of methoxy groups -OCH3 is 1. The summed E-state index contributed by atoms with van der Waals surface area (Å²) in [6.07, 6.45) is 6.24. The van der Waals surface area contributed by atoms with Gasteiger partial charge in [0, 0.05) is 13.5 Å². The number of rotatable bonds is 6. The molecule has 0 aromatic carbocycles.